The molecular weight excluding hydrogens is 324 g/mol. The van der Waals surface area contributed by atoms with Crippen LogP contribution >= 0.6 is 11.6 Å². The molecule has 1 aromatic carbocycles. The number of hydrogen-bond acceptors (Lipinski definition) is 5. The second-order valence-electron chi connectivity index (χ2n) is 5.23. The average Bonchev–Trinajstić information content (AvgIpc) is 2.79. The van der Waals surface area contributed by atoms with E-state index in [0.717, 1.165) is 6.42 Å². The number of nitrogens with one attached hydrogen (secondary N) is 2. The Morgan fingerprint density at radius 1 is 1.17 bits per heavy atom. The molecule has 1 saturated heterocycles. The van der Waals surface area contributed by atoms with Crippen molar-refractivity contribution in [3.05, 3.63) is 17.2 Å². The van der Waals surface area contributed by atoms with Crippen LogP contribution < -0.4 is 20.1 Å². The minimum absolute atomic E-state index is 0.131. The van der Waals surface area contributed by atoms with E-state index in [9.17, 15) is 4.79 Å². The van der Waals surface area contributed by atoms with Crippen LogP contribution in [0.3, 0.4) is 0 Å². The van der Waals surface area contributed by atoms with Gasteiger partial charge in [0.15, 0.2) is 11.5 Å². The van der Waals surface area contributed by atoms with Gasteiger partial charge in [-0.25, -0.2) is 4.79 Å². The molecule has 0 saturated carbocycles. The van der Waals surface area contributed by atoms with E-state index in [4.69, 9.17) is 30.5 Å². The molecule has 1 unspecified atom stereocenters. The summed E-state index contributed by atoms with van der Waals surface area (Å²) in [5, 5.41) is 5.83. The van der Waals surface area contributed by atoms with Gasteiger partial charge in [0.05, 0.1) is 49.8 Å². The van der Waals surface area contributed by atoms with E-state index in [1.54, 1.807) is 12.1 Å². The molecule has 0 aromatic heterocycles. The number of halogens is 1. The SMILES string of the molecule is O=C(NCC1COCCO1)Nc1cc2c(cc1Cl)OCCCO2. The van der Waals surface area contributed by atoms with E-state index in [-0.39, 0.29) is 12.1 Å². The van der Waals surface area contributed by atoms with Gasteiger partial charge in [0.1, 0.15) is 0 Å². The van der Waals surface area contributed by atoms with Crippen molar-refractivity contribution in [2.24, 2.45) is 0 Å². The van der Waals surface area contributed by atoms with Crippen LogP contribution in [0.5, 0.6) is 11.5 Å². The molecule has 23 heavy (non-hydrogen) atoms. The molecule has 0 aliphatic carbocycles. The zero-order valence-corrected chi connectivity index (χ0v) is 13.4. The lowest BCUT2D eigenvalue weighted by Crippen LogP contribution is -2.41. The van der Waals surface area contributed by atoms with E-state index >= 15 is 0 Å². The van der Waals surface area contributed by atoms with Crippen LogP contribution in [-0.4, -0.2) is 51.7 Å². The van der Waals surface area contributed by atoms with Crippen LogP contribution in [0.15, 0.2) is 12.1 Å². The van der Waals surface area contributed by atoms with E-state index in [1.165, 1.54) is 0 Å². The van der Waals surface area contributed by atoms with E-state index < -0.39 is 0 Å². The zero-order valence-electron chi connectivity index (χ0n) is 12.6. The summed E-state index contributed by atoms with van der Waals surface area (Å²) in [4.78, 5) is 12.0. The van der Waals surface area contributed by atoms with Crippen LogP contribution in [0.2, 0.25) is 5.02 Å². The maximum absolute atomic E-state index is 12.0. The number of urea groups is 1. The second-order valence-corrected chi connectivity index (χ2v) is 5.64. The summed E-state index contributed by atoms with van der Waals surface area (Å²) < 4.78 is 21.9. The summed E-state index contributed by atoms with van der Waals surface area (Å²) in [6.07, 6.45) is 0.674. The van der Waals surface area contributed by atoms with Gasteiger partial charge in [0, 0.05) is 25.1 Å². The van der Waals surface area contributed by atoms with Gasteiger partial charge in [0.2, 0.25) is 0 Å². The van der Waals surface area contributed by atoms with Gasteiger partial charge >= 0.3 is 6.03 Å². The van der Waals surface area contributed by atoms with Crippen LogP contribution in [0.4, 0.5) is 10.5 Å². The topological polar surface area (TPSA) is 78.1 Å². The standard InChI is InChI=1S/C15H19ClN2O5/c16-11-6-13-14(23-3-1-2-22-13)7-12(11)18-15(19)17-8-10-9-20-4-5-21-10/h6-7,10H,1-5,8-9H2,(H2,17,18,19). The molecule has 3 rings (SSSR count). The third-order valence-corrected chi connectivity index (χ3v) is 3.77. The third kappa shape index (κ3) is 4.40. The first-order valence-corrected chi connectivity index (χ1v) is 7.93. The zero-order chi connectivity index (χ0) is 16.1. The molecule has 0 radical (unpaired) electrons. The predicted octanol–water partition coefficient (Wildman–Crippen LogP) is 2.04. The number of fused-ring (bicyclic) bond motifs is 1. The number of amides is 2. The fourth-order valence-corrected chi connectivity index (χ4v) is 2.51. The summed E-state index contributed by atoms with van der Waals surface area (Å²) in [5.41, 5.74) is 0.467. The van der Waals surface area contributed by atoms with E-state index in [1.807, 2.05) is 0 Å². The van der Waals surface area contributed by atoms with Crippen molar-refractivity contribution in [1.82, 2.24) is 5.32 Å². The quantitative estimate of drug-likeness (QED) is 0.879. The van der Waals surface area contributed by atoms with Crippen molar-refractivity contribution in [2.45, 2.75) is 12.5 Å². The highest BCUT2D eigenvalue weighted by molar-refractivity contribution is 6.34. The number of hydrogen-bond donors (Lipinski definition) is 2. The summed E-state index contributed by atoms with van der Waals surface area (Å²) in [7, 11) is 0. The van der Waals surface area contributed by atoms with Gasteiger partial charge in [-0.15, -0.1) is 0 Å². The number of anilines is 1. The maximum atomic E-state index is 12.0. The molecule has 1 fully saturated rings. The van der Waals surface area contributed by atoms with Crippen molar-refractivity contribution in [3.8, 4) is 11.5 Å². The highest BCUT2D eigenvalue weighted by Gasteiger charge is 2.17. The van der Waals surface area contributed by atoms with Crippen LogP contribution in [0.25, 0.3) is 0 Å². The first kappa shape index (κ1) is 16.2. The van der Waals surface area contributed by atoms with E-state index in [2.05, 4.69) is 10.6 Å². The Balaban J connectivity index is 1.58. The second kappa shape index (κ2) is 7.72. The first-order valence-electron chi connectivity index (χ1n) is 7.56. The molecule has 2 N–H and O–H groups in total. The number of ether oxygens (including phenoxy) is 4. The molecule has 2 amide bonds. The highest BCUT2D eigenvalue weighted by atomic mass is 35.5. The molecule has 0 spiro atoms. The number of benzene rings is 1. The van der Waals surface area contributed by atoms with Crippen molar-refractivity contribution in [2.75, 3.05) is 44.9 Å². The van der Waals surface area contributed by atoms with Crippen LogP contribution in [-0.2, 0) is 9.47 Å². The van der Waals surface area contributed by atoms with Gasteiger partial charge in [0.25, 0.3) is 0 Å². The van der Waals surface area contributed by atoms with Crippen molar-refractivity contribution in [3.63, 3.8) is 0 Å². The molecule has 126 valence electrons. The molecular formula is C15H19ClN2O5. The van der Waals surface area contributed by atoms with Crippen LogP contribution in [0, 0.1) is 0 Å². The Hall–Kier alpha value is -1.70. The van der Waals surface area contributed by atoms with Gasteiger partial charge in [-0.1, -0.05) is 11.6 Å². The summed E-state index contributed by atoms with van der Waals surface area (Å²) in [6.45, 7) is 3.13. The number of rotatable bonds is 3. The molecule has 7 nitrogen and oxygen atoms in total. The summed E-state index contributed by atoms with van der Waals surface area (Å²) in [6, 6.07) is 2.95. The van der Waals surface area contributed by atoms with Gasteiger partial charge < -0.3 is 29.6 Å². The fraction of sp³-hybridized carbons (Fsp3) is 0.533. The highest BCUT2D eigenvalue weighted by Crippen LogP contribution is 2.37. The maximum Gasteiger partial charge on any atom is 0.319 e. The Morgan fingerprint density at radius 2 is 1.96 bits per heavy atom. The largest absolute Gasteiger partial charge is 0.490 e. The molecule has 0 bridgehead atoms. The van der Waals surface area contributed by atoms with Gasteiger partial charge in [-0.2, -0.15) is 0 Å². The van der Waals surface area contributed by atoms with Crippen molar-refractivity contribution in [1.29, 1.82) is 0 Å². The third-order valence-electron chi connectivity index (χ3n) is 3.46. The molecule has 1 atom stereocenters. The normalized spacial score (nSPS) is 20.5. The molecule has 1 aromatic rings. The lowest BCUT2D eigenvalue weighted by Gasteiger charge is -2.23. The Morgan fingerprint density at radius 3 is 2.70 bits per heavy atom. The van der Waals surface area contributed by atoms with Crippen molar-refractivity contribution < 1.29 is 23.7 Å². The monoisotopic (exact) mass is 342 g/mol. The Kier molecular flexibility index (Phi) is 5.43. The minimum Gasteiger partial charge on any atom is -0.490 e. The molecule has 2 aliphatic rings. The molecule has 8 heteroatoms. The van der Waals surface area contributed by atoms with Crippen molar-refractivity contribution >= 4 is 23.3 Å². The number of carbonyl (C=O) groups is 1. The fourth-order valence-electron chi connectivity index (χ4n) is 2.31. The molecule has 2 aliphatic heterocycles. The summed E-state index contributed by atoms with van der Waals surface area (Å²) >= 11 is 6.18. The average molecular weight is 343 g/mol. The smallest absolute Gasteiger partial charge is 0.319 e. The lowest BCUT2D eigenvalue weighted by molar-refractivity contribution is -0.0852. The predicted molar refractivity (Wildman–Crippen MR) is 84.6 cm³/mol. The lowest BCUT2D eigenvalue weighted by atomic mass is 10.2. The summed E-state index contributed by atoms with van der Waals surface area (Å²) in [5.74, 6) is 1.16. The van der Waals surface area contributed by atoms with Crippen LogP contribution in [0.1, 0.15) is 6.42 Å². The first-order chi connectivity index (χ1) is 11.2. The van der Waals surface area contributed by atoms with E-state index in [0.29, 0.717) is 61.8 Å². The Bertz CT molecular complexity index is 563. The number of carbonyl (C=O) groups excluding carboxylic acids is 1. The Labute approximate surface area is 139 Å². The van der Waals surface area contributed by atoms with Gasteiger partial charge in [-0.3, -0.25) is 0 Å². The minimum atomic E-state index is -0.365. The van der Waals surface area contributed by atoms with Gasteiger partial charge in [-0.05, 0) is 0 Å². The molecule has 2 heterocycles.